The molecule has 1 aliphatic heterocycles. The Morgan fingerprint density at radius 1 is 1.00 bits per heavy atom. The molecule has 2 N–H and O–H groups in total. The number of ether oxygens (including phenoxy) is 4. The summed E-state index contributed by atoms with van der Waals surface area (Å²) in [6.07, 6.45) is 4.57. The topological polar surface area (TPSA) is 141 Å². The van der Waals surface area contributed by atoms with Crippen LogP contribution in [0.25, 0.3) is 0 Å². The zero-order chi connectivity index (χ0) is 31.8. The molecule has 1 heterocycles. The van der Waals surface area contributed by atoms with Gasteiger partial charge in [-0.3, -0.25) is 14.4 Å². The summed E-state index contributed by atoms with van der Waals surface area (Å²) in [5.41, 5.74) is -1.69. The number of rotatable bonds is 6. The maximum Gasteiger partial charge on any atom is 0.303 e. The van der Waals surface area contributed by atoms with Gasteiger partial charge in [0.1, 0.15) is 12.2 Å². The molecule has 4 aliphatic carbocycles. The molecule has 0 aromatic heterocycles. The smallest absolute Gasteiger partial charge is 0.303 e. The second-order valence-corrected chi connectivity index (χ2v) is 14.9. The molecule has 3 saturated carbocycles. The molecule has 0 amide bonds. The fourth-order valence-corrected chi connectivity index (χ4v) is 10.0. The predicted molar refractivity (Wildman–Crippen MR) is 156 cm³/mol. The third-order valence-corrected chi connectivity index (χ3v) is 11.9. The van der Waals surface area contributed by atoms with Gasteiger partial charge in [0.15, 0.2) is 11.6 Å². The van der Waals surface area contributed by atoms with Crippen LogP contribution >= 0.6 is 0 Å². The van der Waals surface area contributed by atoms with Gasteiger partial charge in [0.2, 0.25) is 0 Å². The van der Waals surface area contributed by atoms with Crippen molar-refractivity contribution in [3.05, 3.63) is 11.6 Å². The number of carbonyl (C=O) groups excluding carboxylic acids is 3. The molecule has 0 aromatic carbocycles. The molecule has 10 nitrogen and oxygen atoms in total. The fourth-order valence-electron chi connectivity index (χ4n) is 10.0. The van der Waals surface area contributed by atoms with Gasteiger partial charge in [-0.25, -0.2) is 0 Å². The van der Waals surface area contributed by atoms with Crippen LogP contribution in [0.3, 0.4) is 0 Å². The molecule has 43 heavy (non-hydrogen) atoms. The molecule has 1 saturated heterocycles. The van der Waals surface area contributed by atoms with Crippen molar-refractivity contribution in [2.24, 2.45) is 33.7 Å². The second-order valence-electron chi connectivity index (χ2n) is 14.9. The molecule has 0 bridgehead atoms. The van der Waals surface area contributed by atoms with E-state index in [0.29, 0.717) is 37.8 Å². The van der Waals surface area contributed by atoms with Crippen LogP contribution in [0.4, 0.5) is 0 Å². The first-order chi connectivity index (χ1) is 19.9. The van der Waals surface area contributed by atoms with E-state index in [1.54, 1.807) is 13.0 Å². The monoisotopic (exact) mass is 603 g/mol. The highest BCUT2D eigenvalue weighted by Crippen LogP contribution is 2.70. The lowest BCUT2D eigenvalue weighted by Crippen LogP contribution is -2.63. The number of fused-ring (bicyclic) bond motifs is 5. The Balaban J connectivity index is 1.49. The standard InChI is InChI=1S/C33H49NO9/c1-18(34-39)9-10-28-32(8,43-29(4,5)42-28)27-12-14-33(38)22-15-24(37)23-16-25(40-19(2)35)26(41-20(3)36)17-30(23,6)21(22)11-13-31(27,33)7/h15,21,23,25-28,38-39H,9-14,16-17H2,1-8H3/b34-18+/t21-,23-,25+,26-,27-,28+,30+,31+,32+,33+/m0/s1. The van der Waals surface area contributed by atoms with Crippen LogP contribution in [0.15, 0.2) is 16.8 Å². The molecule has 0 unspecified atom stereocenters. The molecule has 240 valence electrons. The predicted octanol–water partition coefficient (Wildman–Crippen LogP) is 4.87. The Kier molecular flexibility index (Phi) is 7.96. The number of hydrogen-bond donors (Lipinski definition) is 2. The van der Waals surface area contributed by atoms with Crippen LogP contribution < -0.4 is 0 Å². The maximum atomic E-state index is 13.9. The van der Waals surface area contributed by atoms with Crippen LogP contribution in [0.1, 0.15) is 107 Å². The normalized spacial score (nSPS) is 45.5. The van der Waals surface area contributed by atoms with E-state index in [4.69, 9.17) is 18.9 Å². The minimum atomic E-state index is -1.22. The quantitative estimate of drug-likeness (QED) is 0.188. The Hall–Kier alpha value is -2.30. The van der Waals surface area contributed by atoms with Crippen molar-refractivity contribution in [3.8, 4) is 0 Å². The molecule has 0 aromatic rings. The van der Waals surface area contributed by atoms with Gasteiger partial charge in [0, 0.05) is 25.2 Å². The third-order valence-electron chi connectivity index (χ3n) is 11.9. The number of hydrogen-bond acceptors (Lipinski definition) is 10. The first-order valence-electron chi connectivity index (χ1n) is 15.8. The molecule has 4 fully saturated rings. The number of aliphatic hydroxyl groups is 1. The lowest BCUT2D eigenvalue weighted by Gasteiger charge is -2.61. The first-order valence-corrected chi connectivity index (χ1v) is 15.8. The van der Waals surface area contributed by atoms with Gasteiger partial charge >= 0.3 is 11.9 Å². The van der Waals surface area contributed by atoms with Crippen molar-refractivity contribution in [2.75, 3.05) is 0 Å². The molecule has 0 spiro atoms. The van der Waals surface area contributed by atoms with Gasteiger partial charge in [-0.05, 0) is 108 Å². The van der Waals surface area contributed by atoms with Crippen LogP contribution in [0, 0.1) is 28.6 Å². The fraction of sp³-hybridized carbons (Fsp3) is 0.818. The number of esters is 2. The van der Waals surface area contributed by atoms with E-state index in [-0.39, 0.29) is 30.1 Å². The van der Waals surface area contributed by atoms with Crippen molar-refractivity contribution in [1.29, 1.82) is 0 Å². The SMILES string of the molecule is CC(=O)O[C@H]1C[C@@]2(C)[C@@H](C[C@H]1OC(C)=O)C(=O)C=C1[C@@H]2CC[C@]2(C)[C@@H]([C@@]3(C)OC(C)(C)O[C@@H]3CC/C(C)=N/O)CC[C@@]12O. The lowest BCUT2D eigenvalue weighted by atomic mass is 9.45. The van der Waals surface area contributed by atoms with Gasteiger partial charge < -0.3 is 29.3 Å². The highest BCUT2D eigenvalue weighted by atomic mass is 16.8. The minimum absolute atomic E-state index is 0.0564. The van der Waals surface area contributed by atoms with Crippen LogP contribution in [-0.2, 0) is 33.3 Å². The number of ketones is 1. The Morgan fingerprint density at radius 3 is 2.28 bits per heavy atom. The summed E-state index contributed by atoms with van der Waals surface area (Å²) in [5, 5.41) is 25.3. The molecule has 10 heteroatoms. The summed E-state index contributed by atoms with van der Waals surface area (Å²) in [7, 11) is 0. The largest absolute Gasteiger partial charge is 0.459 e. The highest BCUT2D eigenvalue weighted by Gasteiger charge is 2.71. The summed E-state index contributed by atoms with van der Waals surface area (Å²) >= 11 is 0. The van der Waals surface area contributed by atoms with Gasteiger partial charge in [0.25, 0.3) is 0 Å². The van der Waals surface area contributed by atoms with E-state index >= 15 is 0 Å². The van der Waals surface area contributed by atoms with Crippen molar-refractivity contribution >= 4 is 23.4 Å². The van der Waals surface area contributed by atoms with Crippen LogP contribution in [0.2, 0.25) is 0 Å². The third kappa shape index (κ3) is 5.05. The van der Waals surface area contributed by atoms with E-state index < -0.39 is 57.9 Å². The van der Waals surface area contributed by atoms with E-state index in [9.17, 15) is 24.7 Å². The summed E-state index contributed by atoms with van der Waals surface area (Å²) < 4.78 is 24.4. The molecule has 10 atom stereocenters. The van der Waals surface area contributed by atoms with Crippen LogP contribution in [-0.4, -0.2) is 69.0 Å². The molecular weight excluding hydrogens is 554 g/mol. The van der Waals surface area contributed by atoms with Crippen molar-refractivity contribution in [3.63, 3.8) is 0 Å². The van der Waals surface area contributed by atoms with Crippen molar-refractivity contribution < 1.29 is 43.6 Å². The lowest BCUT2D eigenvalue weighted by molar-refractivity contribution is -0.195. The number of nitrogens with zero attached hydrogens (tertiary/aromatic N) is 1. The van der Waals surface area contributed by atoms with E-state index in [1.807, 2.05) is 13.8 Å². The zero-order valence-corrected chi connectivity index (χ0v) is 26.9. The summed E-state index contributed by atoms with van der Waals surface area (Å²) in [6.45, 7) is 14.6. The summed E-state index contributed by atoms with van der Waals surface area (Å²) in [5.74, 6) is -2.37. The first kappa shape index (κ1) is 32.1. The Bertz CT molecular complexity index is 1240. The van der Waals surface area contributed by atoms with E-state index in [2.05, 4.69) is 25.9 Å². The second kappa shape index (κ2) is 10.7. The highest BCUT2D eigenvalue weighted by molar-refractivity contribution is 5.95. The summed E-state index contributed by atoms with van der Waals surface area (Å²) in [4.78, 5) is 37.8. The van der Waals surface area contributed by atoms with Gasteiger partial charge in [0.05, 0.1) is 23.0 Å². The Labute approximate surface area is 254 Å². The number of carbonyl (C=O) groups is 3. The molecule has 5 rings (SSSR count). The van der Waals surface area contributed by atoms with Crippen molar-refractivity contribution in [2.45, 2.75) is 142 Å². The molecule has 0 radical (unpaired) electrons. The summed E-state index contributed by atoms with van der Waals surface area (Å²) in [6, 6.07) is 0. The zero-order valence-electron chi connectivity index (χ0n) is 26.9. The number of allylic oxidation sites excluding steroid dienone is 1. The minimum Gasteiger partial charge on any atom is -0.459 e. The van der Waals surface area contributed by atoms with Gasteiger partial charge in [-0.2, -0.15) is 0 Å². The average Bonchev–Trinajstić information content (AvgIpc) is 3.31. The van der Waals surface area contributed by atoms with E-state index in [1.165, 1.54) is 13.8 Å². The van der Waals surface area contributed by atoms with Crippen molar-refractivity contribution in [1.82, 2.24) is 0 Å². The molecular formula is C33H49NO9. The molecule has 5 aliphatic rings. The Morgan fingerprint density at radius 2 is 1.65 bits per heavy atom. The average molecular weight is 604 g/mol. The van der Waals surface area contributed by atoms with Gasteiger partial charge in [-0.15, -0.1) is 0 Å². The van der Waals surface area contributed by atoms with E-state index in [0.717, 1.165) is 18.4 Å². The van der Waals surface area contributed by atoms with Gasteiger partial charge in [-0.1, -0.05) is 19.0 Å². The maximum absolute atomic E-state index is 13.9. The van der Waals surface area contributed by atoms with Crippen LogP contribution in [0.5, 0.6) is 0 Å². The number of oxime groups is 1.